The van der Waals surface area contributed by atoms with Crippen LogP contribution in [0, 0.1) is 0 Å². The van der Waals surface area contributed by atoms with Crippen molar-refractivity contribution >= 4 is 49.8 Å². The lowest BCUT2D eigenvalue weighted by Crippen LogP contribution is -2.11. The van der Waals surface area contributed by atoms with Crippen molar-refractivity contribution in [2.45, 2.75) is 0 Å². The maximum atomic E-state index is 6.19. The van der Waals surface area contributed by atoms with Crippen LogP contribution in [-0.2, 0) is 0 Å². The van der Waals surface area contributed by atoms with Crippen LogP contribution in [0.5, 0.6) is 0 Å². The monoisotopic (exact) mass is 537 g/mol. The van der Waals surface area contributed by atoms with E-state index in [9.17, 15) is 0 Å². The number of furan rings is 1. The number of benzene rings is 7. The summed E-state index contributed by atoms with van der Waals surface area (Å²) < 4.78 is 6.19. The third kappa shape index (κ3) is 4.22. The van der Waals surface area contributed by atoms with Gasteiger partial charge in [-0.3, -0.25) is 0 Å². The fourth-order valence-corrected chi connectivity index (χ4v) is 6.00. The van der Waals surface area contributed by atoms with Crippen LogP contribution >= 0.6 is 0 Å². The molecule has 0 aliphatic carbocycles. The van der Waals surface area contributed by atoms with Gasteiger partial charge in [-0.25, -0.2) is 0 Å². The smallest absolute Gasteiger partial charge is 0.135 e. The molecule has 0 saturated carbocycles. The molecule has 0 amide bonds. The van der Waals surface area contributed by atoms with E-state index in [1.165, 1.54) is 33.0 Å². The third-order valence-corrected chi connectivity index (χ3v) is 8.04. The van der Waals surface area contributed by atoms with Crippen molar-refractivity contribution in [3.63, 3.8) is 0 Å². The van der Waals surface area contributed by atoms with E-state index in [1.807, 2.05) is 12.1 Å². The maximum absolute atomic E-state index is 6.19. The third-order valence-electron chi connectivity index (χ3n) is 8.04. The fraction of sp³-hybridized carbons (Fsp3) is 0. The zero-order valence-electron chi connectivity index (χ0n) is 22.9. The van der Waals surface area contributed by atoms with Crippen LogP contribution in [0.3, 0.4) is 0 Å². The minimum Gasteiger partial charge on any atom is -0.456 e. The van der Waals surface area contributed by atoms with Crippen molar-refractivity contribution in [3.05, 3.63) is 164 Å². The van der Waals surface area contributed by atoms with Crippen molar-refractivity contribution in [3.8, 4) is 22.3 Å². The van der Waals surface area contributed by atoms with E-state index in [0.717, 1.165) is 39.0 Å². The molecule has 2 nitrogen and oxygen atoms in total. The molecule has 0 N–H and O–H groups in total. The second kappa shape index (κ2) is 10.1. The van der Waals surface area contributed by atoms with Crippen molar-refractivity contribution in [1.29, 1.82) is 0 Å². The molecule has 42 heavy (non-hydrogen) atoms. The van der Waals surface area contributed by atoms with Gasteiger partial charge in [0, 0.05) is 27.7 Å². The average Bonchev–Trinajstić information content (AvgIpc) is 3.44. The van der Waals surface area contributed by atoms with Crippen LogP contribution in [0.25, 0.3) is 55.0 Å². The Kier molecular flexibility index (Phi) is 5.82. The van der Waals surface area contributed by atoms with Gasteiger partial charge in [0.2, 0.25) is 0 Å². The first-order valence-corrected chi connectivity index (χ1v) is 14.3. The van der Waals surface area contributed by atoms with E-state index in [2.05, 4.69) is 157 Å². The molecule has 0 spiro atoms. The maximum Gasteiger partial charge on any atom is 0.135 e. The molecule has 0 radical (unpaired) electrons. The zero-order chi connectivity index (χ0) is 27.9. The highest BCUT2D eigenvalue weighted by atomic mass is 16.3. The van der Waals surface area contributed by atoms with Gasteiger partial charge in [0.15, 0.2) is 0 Å². The lowest BCUT2D eigenvalue weighted by Gasteiger charge is -2.28. The van der Waals surface area contributed by atoms with Gasteiger partial charge in [-0.15, -0.1) is 0 Å². The van der Waals surface area contributed by atoms with E-state index < -0.39 is 0 Å². The summed E-state index contributed by atoms with van der Waals surface area (Å²) in [4.78, 5) is 2.37. The highest BCUT2D eigenvalue weighted by Gasteiger charge is 2.19. The summed E-state index contributed by atoms with van der Waals surface area (Å²) >= 11 is 0. The van der Waals surface area contributed by atoms with Gasteiger partial charge in [0.05, 0.1) is 5.69 Å². The zero-order valence-corrected chi connectivity index (χ0v) is 22.9. The van der Waals surface area contributed by atoms with Crippen LogP contribution in [0.2, 0.25) is 0 Å². The Balaban J connectivity index is 1.35. The van der Waals surface area contributed by atoms with E-state index in [0.29, 0.717) is 0 Å². The number of para-hydroxylation sites is 2. The van der Waals surface area contributed by atoms with Crippen molar-refractivity contribution in [2.24, 2.45) is 0 Å². The van der Waals surface area contributed by atoms with Crippen LogP contribution in [0.15, 0.2) is 168 Å². The van der Waals surface area contributed by atoms with Crippen LogP contribution < -0.4 is 4.90 Å². The Morgan fingerprint density at radius 2 is 1.07 bits per heavy atom. The highest BCUT2D eigenvalue weighted by Crippen LogP contribution is 2.43. The number of anilines is 3. The molecule has 8 aromatic rings. The number of nitrogens with zero attached hydrogens (tertiary/aromatic N) is 1. The lowest BCUT2D eigenvalue weighted by atomic mass is 9.99. The SMILES string of the molecule is c1ccc(-c2ccccc2N(c2cccc(-c3ccc4ccccc4c3)c2)c2ccc3oc4ccccc4c3c2)cc1. The first kappa shape index (κ1) is 24.2. The van der Waals surface area contributed by atoms with Gasteiger partial charge in [-0.1, -0.05) is 115 Å². The van der Waals surface area contributed by atoms with Crippen molar-refractivity contribution in [1.82, 2.24) is 0 Å². The summed E-state index contributed by atoms with van der Waals surface area (Å²) in [6.07, 6.45) is 0. The van der Waals surface area contributed by atoms with Gasteiger partial charge in [0.25, 0.3) is 0 Å². The summed E-state index contributed by atoms with van der Waals surface area (Å²) in [5.74, 6) is 0. The average molecular weight is 538 g/mol. The second-order valence-electron chi connectivity index (χ2n) is 10.6. The van der Waals surface area contributed by atoms with Gasteiger partial charge in [-0.05, 0) is 76.0 Å². The highest BCUT2D eigenvalue weighted by molar-refractivity contribution is 6.07. The molecule has 0 aliphatic heterocycles. The minimum absolute atomic E-state index is 0.890. The predicted octanol–water partition coefficient (Wildman–Crippen LogP) is 11.5. The van der Waals surface area contributed by atoms with Crippen LogP contribution in [-0.4, -0.2) is 0 Å². The number of hydrogen-bond donors (Lipinski definition) is 0. The predicted molar refractivity (Wildman–Crippen MR) is 177 cm³/mol. The number of fused-ring (bicyclic) bond motifs is 4. The van der Waals surface area contributed by atoms with Crippen molar-refractivity contribution < 1.29 is 4.42 Å². The van der Waals surface area contributed by atoms with Gasteiger partial charge >= 0.3 is 0 Å². The normalized spacial score (nSPS) is 11.3. The Morgan fingerprint density at radius 3 is 2.00 bits per heavy atom. The summed E-state index contributed by atoms with van der Waals surface area (Å²) in [7, 11) is 0. The van der Waals surface area contributed by atoms with E-state index >= 15 is 0 Å². The Bertz CT molecular complexity index is 2210. The number of rotatable bonds is 5. The molecule has 0 saturated heterocycles. The Morgan fingerprint density at radius 1 is 0.381 bits per heavy atom. The molecular weight excluding hydrogens is 510 g/mol. The van der Waals surface area contributed by atoms with Gasteiger partial charge < -0.3 is 9.32 Å². The second-order valence-corrected chi connectivity index (χ2v) is 10.6. The first-order valence-electron chi connectivity index (χ1n) is 14.3. The molecule has 0 atom stereocenters. The largest absolute Gasteiger partial charge is 0.456 e. The molecule has 0 aliphatic rings. The van der Waals surface area contributed by atoms with E-state index in [4.69, 9.17) is 4.42 Å². The quantitative estimate of drug-likeness (QED) is 0.217. The topological polar surface area (TPSA) is 16.4 Å². The number of hydrogen-bond acceptors (Lipinski definition) is 2. The lowest BCUT2D eigenvalue weighted by molar-refractivity contribution is 0.669. The molecule has 0 bridgehead atoms. The summed E-state index contributed by atoms with van der Waals surface area (Å²) in [6, 6.07) is 58.1. The molecule has 0 fully saturated rings. The minimum atomic E-state index is 0.890. The summed E-state index contributed by atoms with van der Waals surface area (Å²) in [6.45, 7) is 0. The van der Waals surface area contributed by atoms with E-state index in [1.54, 1.807) is 0 Å². The molecule has 198 valence electrons. The molecule has 1 aromatic heterocycles. The van der Waals surface area contributed by atoms with Crippen molar-refractivity contribution in [2.75, 3.05) is 4.90 Å². The summed E-state index contributed by atoms with van der Waals surface area (Å²) in [5, 5.41) is 4.71. The standard InChI is InChI=1S/C40H27NO/c1-2-12-29(13-3-1)35-17-6-8-19-38(35)41(34-23-24-40-37(27-34)36-18-7-9-20-39(36)42-40)33-16-10-15-31(26-33)32-22-21-28-11-4-5-14-30(28)25-32/h1-27H. The molecule has 1 heterocycles. The summed E-state index contributed by atoms with van der Waals surface area (Å²) in [5.41, 5.74) is 9.81. The molecule has 7 aromatic carbocycles. The fourth-order valence-electron chi connectivity index (χ4n) is 6.00. The van der Waals surface area contributed by atoms with Gasteiger partial charge in [-0.2, -0.15) is 0 Å². The molecule has 0 unspecified atom stereocenters. The molecule has 2 heteroatoms. The van der Waals surface area contributed by atoms with Gasteiger partial charge in [0.1, 0.15) is 11.2 Å². The van der Waals surface area contributed by atoms with E-state index in [-0.39, 0.29) is 0 Å². The Hall–Kier alpha value is -5.60. The molecular formula is C40H27NO. The Labute approximate surface area is 244 Å². The molecule has 8 rings (SSSR count). The van der Waals surface area contributed by atoms with Crippen LogP contribution in [0.4, 0.5) is 17.1 Å². The first-order chi connectivity index (χ1) is 20.8. The van der Waals surface area contributed by atoms with Crippen LogP contribution in [0.1, 0.15) is 0 Å².